The predicted molar refractivity (Wildman–Crippen MR) is 142 cm³/mol. The van der Waals surface area contributed by atoms with Crippen molar-refractivity contribution < 1.29 is 27.8 Å². The lowest BCUT2D eigenvalue weighted by atomic mass is 9.87. The second kappa shape index (κ2) is 10.3. The van der Waals surface area contributed by atoms with E-state index in [2.05, 4.69) is 4.98 Å². The number of rotatable bonds is 3. The van der Waals surface area contributed by atoms with Crippen LogP contribution in [0.15, 0.2) is 35.4 Å². The van der Waals surface area contributed by atoms with Crippen molar-refractivity contribution in [3.63, 3.8) is 0 Å². The number of likely N-dealkylation sites (tertiary alicyclic amines) is 1. The molecule has 3 heterocycles. The zero-order chi connectivity index (χ0) is 28.8. The summed E-state index contributed by atoms with van der Waals surface area (Å²) in [5.74, 6) is -2.66. The average molecular weight is 573 g/mol. The van der Waals surface area contributed by atoms with E-state index in [4.69, 9.17) is 25.8 Å². The maximum atomic E-state index is 14.4. The molecule has 2 aliphatic rings. The van der Waals surface area contributed by atoms with Crippen molar-refractivity contribution in [3.8, 4) is 17.6 Å². The fraction of sp³-hybridized carbons (Fsp3) is 0.429. The largest absolute Gasteiger partial charge is 0.451 e. The number of hydrogen-bond donors (Lipinski definition) is 0. The van der Waals surface area contributed by atoms with Crippen LogP contribution in [0.2, 0.25) is 5.02 Å². The molecule has 2 aliphatic heterocycles. The molecule has 2 saturated heterocycles. The fourth-order valence-corrected chi connectivity index (χ4v) is 5.40. The molecule has 0 bridgehead atoms. The molecule has 0 saturated carbocycles. The zero-order valence-electron chi connectivity index (χ0n) is 22.2. The van der Waals surface area contributed by atoms with Crippen LogP contribution >= 0.6 is 11.6 Å². The van der Waals surface area contributed by atoms with Crippen LogP contribution in [0.5, 0.6) is 11.5 Å². The quantitative estimate of drug-likeness (QED) is 0.395. The molecule has 2 fully saturated rings. The normalized spacial score (nSPS) is 18.6. The number of amides is 1. The van der Waals surface area contributed by atoms with Gasteiger partial charge in [0.1, 0.15) is 28.8 Å². The molecular weight excluding hydrogens is 546 g/mol. The lowest BCUT2D eigenvalue weighted by Crippen LogP contribution is -2.48. The van der Waals surface area contributed by atoms with E-state index < -0.39 is 39.7 Å². The summed E-state index contributed by atoms with van der Waals surface area (Å²) in [6, 6.07) is 5.76. The van der Waals surface area contributed by atoms with E-state index in [9.17, 15) is 23.6 Å². The number of halogens is 3. The van der Waals surface area contributed by atoms with Crippen molar-refractivity contribution in [3.05, 3.63) is 63.2 Å². The van der Waals surface area contributed by atoms with E-state index in [1.807, 2.05) is 20.8 Å². The molecule has 0 aliphatic carbocycles. The minimum absolute atomic E-state index is 0.0395. The molecule has 12 heteroatoms. The third kappa shape index (κ3) is 5.21. The number of benzene rings is 2. The molecule has 2 aromatic carbocycles. The minimum Gasteiger partial charge on any atom is -0.451 e. The molecule has 3 aromatic rings. The Balaban J connectivity index is 1.38. The fourth-order valence-electron chi connectivity index (χ4n) is 5.12. The van der Waals surface area contributed by atoms with Gasteiger partial charge in [-0.15, -0.1) is 0 Å². The van der Waals surface area contributed by atoms with E-state index in [1.54, 1.807) is 11.0 Å². The summed E-state index contributed by atoms with van der Waals surface area (Å²) in [5.41, 5.74) is -1.85. The Morgan fingerprint density at radius 2 is 1.90 bits per heavy atom. The first-order valence-electron chi connectivity index (χ1n) is 12.8. The predicted octanol–water partition coefficient (Wildman–Crippen LogP) is 5.72. The topological polar surface area (TPSA) is 107 Å². The number of carbonyl (C=O) groups excluding carboxylic acids is 1. The highest BCUT2D eigenvalue weighted by molar-refractivity contribution is 6.36. The van der Waals surface area contributed by atoms with Crippen molar-refractivity contribution >= 4 is 28.6 Å². The van der Waals surface area contributed by atoms with Crippen molar-refractivity contribution in [2.45, 2.75) is 57.3 Å². The van der Waals surface area contributed by atoms with E-state index in [-0.39, 0.29) is 40.4 Å². The number of nitriles is 1. The summed E-state index contributed by atoms with van der Waals surface area (Å²) >= 11 is 6.54. The molecule has 1 spiro atoms. The second-order valence-electron chi connectivity index (χ2n) is 11.0. The van der Waals surface area contributed by atoms with Gasteiger partial charge in [0.25, 0.3) is 5.56 Å². The summed E-state index contributed by atoms with van der Waals surface area (Å²) in [6.07, 6.45) is 2.80. The van der Waals surface area contributed by atoms with Gasteiger partial charge in [-0.3, -0.25) is 9.36 Å². The Morgan fingerprint density at radius 1 is 1.20 bits per heavy atom. The van der Waals surface area contributed by atoms with Crippen LogP contribution < -0.4 is 10.3 Å². The summed E-state index contributed by atoms with van der Waals surface area (Å²) in [4.78, 5) is 32.1. The lowest BCUT2D eigenvalue weighted by Gasteiger charge is -2.39. The Bertz CT molecular complexity index is 1590. The van der Waals surface area contributed by atoms with Crippen LogP contribution in [0, 0.1) is 23.0 Å². The van der Waals surface area contributed by atoms with Gasteiger partial charge in [-0.1, -0.05) is 11.6 Å². The molecule has 0 N–H and O–H groups in total. The van der Waals surface area contributed by atoms with Crippen LogP contribution in [0.3, 0.4) is 0 Å². The summed E-state index contributed by atoms with van der Waals surface area (Å²) in [7, 11) is 0. The lowest BCUT2D eigenvalue weighted by molar-refractivity contribution is -0.0486. The molecule has 9 nitrogen and oxygen atoms in total. The van der Waals surface area contributed by atoms with Gasteiger partial charge >= 0.3 is 6.09 Å². The first-order valence-corrected chi connectivity index (χ1v) is 13.2. The number of nitrogens with zero attached hydrogens (tertiary/aromatic N) is 4. The van der Waals surface area contributed by atoms with E-state index >= 15 is 0 Å². The molecule has 1 aromatic heterocycles. The monoisotopic (exact) mass is 572 g/mol. The molecule has 1 amide bonds. The minimum atomic E-state index is -0.955. The van der Waals surface area contributed by atoms with Gasteiger partial charge in [-0.05, 0) is 64.3 Å². The first-order chi connectivity index (χ1) is 18.9. The Labute approximate surface area is 233 Å². The van der Waals surface area contributed by atoms with Gasteiger partial charge in [0.15, 0.2) is 11.6 Å². The van der Waals surface area contributed by atoms with Crippen LogP contribution in [0.4, 0.5) is 13.6 Å². The number of fused-ring (bicyclic) bond motifs is 1. The van der Waals surface area contributed by atoms with Gasteiger partial charge in [0.05, 0.1) is 40.5 Å². The third-order valence-electron chi connectivity index (χ3n) is 7.15. The van der Waals surface area contributed by atoms with Crippen LogP contribution in [0.25, 0.3) is 10.9 Å². The van der Waals surface area contributed by atoms with E-state index in [1.165, 1.54) is 23.0 Å². The summed E-state index contributed by atoms with van der Waals surface area (Å²) in [5, 5.41) is 9.16. The van der Waals surface area contributed by atoms with E-state index in [0.29, 0.717) is 32.4 Å². The van der Waals surface area contributed by atoms with Crippen LogP contribution in [-0.2, 0) is 9.47 Å². The van der Waals surface area contributed by atoms with Gasteiger partial charge in [0.2, 0.25) is 0 Å². The zero-order valence-corrected chi connectivity index (χ0v) is 22.9. The average Bonchev–Trinajstić information content (AvgIpc) is 3.30. The Hall–Kier alpha value is -3.75. The van der Waals surface area contributed by atoms with E-state index in [0.717, 1.165) is 12.1 Å². The standard InChI is InChI=1S/C28H27ClF2N4O5/c1-27(2,3)40-26(37)34-10-8-28(9-11-34)12-16(14-38-28)35-15-33-20-6-7-21(23(29)22(20)25(35)36)39-24-17(13-32)18(30)4-5-19(24)31/h4-7,15-16H,8-12,14H2,1-3H3/t16-/m0/s1. The third-order valence-corrected chi connectivity index (χ3v) is 7.52. The highest BCUT2D eigenvalue weighted by atomic mass is 35.5. The molecule has 0 radical (unpaired) electrons. The molecule has 5 rings (SSSR count). The van der Waals surface area contributed by atoms with Crippen molar-refractivity contribution in [1.82, 2.24) is 14.5 Å². The van der Waals surface area contributed by atoms with Gasteiger partial charge < -0.3 is 19.1 Å². The van der Waals surface area contributed by atoms with Crippen LogP contribution in [0.1, 0.15) is 51.6 Å². The van der Waals surface area contributed by atoms with Gasteiger partial charge in [0, 0.05) is 13.1 Å². The first kappa shape index (κ1) is 27.8. The van der Waals surface area contributed by atoms with Crippen molar-refractivity contribution in [2.24, 2.45) is 0 Å². The Kier molecular flexibility index (Phi) is 7.18. The molecular formula is C28H27ClF2N4O5. The van der Waals surface area contributed by atoms with Gasteiger partial charge in [-0.25, -0.2) is 18.6 Å². The van der Waals surface area contributed by atoms with Crippen LogP contribution in [-0.4, -0.2) is 51.4 Å². The number of ether oxygens (including phenoxy) is 3. The Morgan fingerprint density at radius 3 is 2.58 bits per heavy atom. The second-order valence-corrected chi connectivity index (χ2v) is 11.4. The number of aromatic nitrogens is 2. The maximum absolute atomic E-state index is 14.4. The number of carbonyl (C=O) groups is 1. The molecule has 40 heavy (non-hydrogen) atoms. The molecule has 210 valence electrons. The number of piperidine rings is 1. The summed E-state index contributed by atoms with van der Waals surface area (Å²) in [6.45, 7) is 6.68. The SMILES string of the molecule is CC(C)(C)OC(=O)N1CCC2(CC1)C[C@H](n1cnc3ccc(Oc4c(F)ccc(F)c4C#N)c(Cl)c3c1=O)CO2. The maximum Gasteiger partial charge on any atom is 0.410 e. The highest BCUT2D eigenvalue weighted by Gasteiger charge is 2.45. The van der Waals surface area contributed by atoms with Crippen molar-refractivity contribution in [2.75, 3.05) is 19.7 Å². The smallest absolute Gasteiger partial charge is 0.410 e. The molecule has 0 unspecified atom stereocenters. The highest BCUT2D eigenvalue weighted by Crippen LogP contribution is 2.41. The number of hydrogen-bond acceptors (Lipinski definition) is 7. The van der Waals surface area contributed by atoms with Gasteiger partial charge in [-0.2, -0.15) is 5.26 Å². The molecule has 1 atom stereocenters. The summed E-state index contributed by atoms with van der Waals surface area (Å²) < 4.78 is 47.1. The van der Waals surface area contributed by atoms with Crippen molar-refractivity contribution in [1.29, 1.82) is 5.26 Å².